The van der Waals surface area contributed by atoms with Gasteiger partial charge in [-0.25, -0.2) is 4.98 Å². The fraction of sp³-hybridized carbons (Fsp3) is 0.500. The third kappa shape index (κ3) is 3.84. The number of carbonyl (C=O) groups excluding carboxylic acids is 1. The first kappa shape index (κ1) is 14.6. The Bertz CT molecular complexity index is 576. The van der Waals surface area contributed by atoms with Crippen molar-refractivity contribution >= 4 is 22.4 Å². The van der Waals surface area contributed by atoms with E-state index in [4.69, 9.17) is 5.73 Å². The van der Waals surface area contributed by atoms with Gasteiger partial charge in [-0.05, 0) is 5.92 Å². The van der Waals surface area contributed by atoms with Gasteiger partial charge in [0.25, 0.3) is 5.91 Å². The zero-order valence-electron chi connectivity index (χ0n) is 11.5. The monoisotopic (exact) mass is 294 g/mol. The third-order valence-electron chi connectivity index (χ3n) is 2.52. The molecule has 2 aromatic rings. The number of aromatic nitrogens is 4. The fourth-order valence-corrected chi connectivity index (χ4v) is 2.59. The van der Waals surface area contributed by atoms with E-state index in [1.807, 2.05) is 0 Å². The fourth-order valence-electron chi connectivity index (χ4n) is 1.65. The minimum Gasteiger partial charge on any atom is -0.335 e. The van der Waals surface area contributed by atoms with E-state index >= 15 is 0 Å². The van der Waals surface area contributed by atoms with Crippen molar-refractivity contribution in [2.24, 2.45) is 11.7 Å². The SMILES string of the molecule is CC(C)Cc1nnc(NC(=O)c2cn(CCN)cn2)s1. The van der Waals surface area contributed by atoms with Crippen LogP contribution >= 0.6 is 11.3 Å². The maximum atomic E-state index is 12.0. The van der Waals surface area contributed by atoms with Crippen molar-refractivity contribution in [1.82, 2.24) is 19.7 Å². The Kier molecular flexibility index (Phi) is 4.80. The summed E-state index contributed by atoms with van der Waals surface area (Å²) >= 11 is 1.39. The third-order valence-corrected chi connectivity index (χ3v) is 3.38. The predicted octanol–water partition coefficient (Wildman–Crippen LogP) is 1.14. The summed E-state index contributed by atoms with van der Waals surface area (Å²) in [5.74, 6) is 0.228. The molecule has 8 heteroatoms. The molecule has 0 aliphatic carbocycles. The molecule has 20 heavy (non-hydrogen) atoms. The molecule has 2 rings (SSSR count). The Labute approximate surface area is 121 Å². The van der Waals surface area contributed by atoms with Gasteiger partial charge in [0.2, 0.25) is 5.13 Å². The standard InChI is InChI=1S/C12H18N6OS/c1-8(2)5-10-16-17-12(20-10)15-11(19)9-6-18(4-3-13)7-14-9/h6-8H,3-5,13H2,1-2H3,(H,15,17,19). The molecular formula is C12H18N6OS. The van der Waals surface area contributed by atoms with Gasteiger partial charge in [0.15, 0.2) is 0 Å². The van der Waals surface area contributed by atoms with Gasteiger partial charge in [0.1, 0.15) is 10.7 Å². The highest BCUT2D eigenvalue weighted by Crippen LogP contribution is 2.18. The lowest BCUT2D eigenvalue weighted by atomic mass is 10.1. The number of hydrogen-bond donors (Lipinski definition) is 2. The van der Waals surface area contributed by atoms with Crippen LogP contribution in [-0.2, 0) is 13.0 Å². The number of anilines is 1. The number of carbonyl (C=O) groups is 1. The van der Waals surface area contributed by atoms with Crippen molar-refractivity contribution in [1.29, 1.82) is 0 Å². The predicted molar refractivity (Wildman–Crippen MR) is 77.7 cm³/mol. The topological polar surface area (TPSA) is 98.7 Å². The minimum atomic E-state index is -0.284. The van der Waals surface area contributed by atoms with E-state index in [1.165, 1.54) is 11.3 Å². The first-order valence-electron chi connectivity index (χ1n) is 6.44. The molecule has 0 bridgehead atoms. The molecule has 0 aliphatic rings. The van der Waals surface area contributed by atoms with E-state index < -0.39 is 0 Å². The Balaban J connectivity index is 1.97. The number of nitrogens with zero attached hydrogens (tertiary/aromatic N) is 4. The van der Waals surface area contributed by atoms with Gasteiger partial charge >= 0.3 is 0 Å². The van der Waals surface area contributed by atoms with Crippen molar-refractivity contribution in [3.05, 3.63) is 23.2 Å². The number of hydrogen-bond acceptors (Lipinski definition) is 6. The number of amides is 1. The second-order valence-corrected chi connectivity index (χ2v) is 5.90. The zero-order valence-corrected chi connectivity index (χ0v) is 12.4. The first-order chi connectivity index (χ1) is 9.58. The van der Waals surface area contributed by atoms with E-state index in [9.17, 15) is 4.79 Å². The molecule has 0 saturated heterocycles. The maximum absolute atomic E-state index is 12.0. The summed E-state index contributed by atoms with van der Waals surface area (Å²) in [4.78, 5) is 16.0. The van der Waals surface area contributed by atoms with Crippen LogP contribution in [0.15, 0.2) is 12.5 Å². The number of nitrogens with one attached hydrogen (secondary N) is 1. The molecule has 0 fully saturated rings. The van der Waals surface area contributed by atoms with Crippen molar-refractivity contribution < 1.29 is 4.79 Å². The van der Waals surface area contributed by atoms with E-state index in [-0.39, 0.29) is 5.91 Å². The van der Waals surface area contributed by atoms with Gasteiger partial charge < -0.3 is 10.3 Å². The molecule has 2 aromatic heterocycles. The van der Waals surface area contributed by atoms with Crippen LogP contribution in [0.4, 0.5) is 5.13 Å². The van der Waals surface area contributed by atoms with Gasteiger partial charge in [-0.1, -0.05) is 25.2 Å². The lowest BCUT2D eigenvalue weighted by Gasteiger charge is -1.98. The van der Waals surface area contributed by atoms with Crippen LogP contribution in [0.3, 0.4) is 0 Å². The largest absolute Gasteiger partial charge is 0.335 e. The number of nitrogens with two attached hydrogens (primary N) is 1. The molecule has 0 radical (unpaired) electrons. The zero-order chi connectivity index (χ0) is 14.5. The van der Waals surface area contributed by atoms with Crippen molar-refractivity contribution in [3.63, 3.8) is 0 Å². The lowest BCUT2D eigenvalue weighted by molar-refractivity contribution is 0.102. The molecule has 0 saturated carbocycles. The molecule has 0 aromatic carbocycles. The van der Waals surface area contributed by atoms with E-state index in [0.29, 0.717) is 29.8 Å². The maximum Gasteiger partial charge on any atom is 0.277 e. The Morgan fingerprint density at radius 1 is 1.50 bits per heavy atom. The van der Waals surface area contributed by atoms with Crippen molar-refractivity contribution in [2.75, 3.05) is 11.9 Å². The highest BCUT2D eigenvalue weighted by molar-refractivity contribution is 7.15. The van der Waals surface area contributed by atoms with Crippen molar-refractivity contribution in [3.8, 4) is 0 Å². The molecule has 0 aliphatic heterocycles. The molecule has 1 amide bonds. The van der Waals surface area contributed by atoms with E-state index in [0.717, 1.165) is 11.4 Å². The summed E-state index contributed by atoms with van der Waals surface area (Å²) in [6, 6.07) is 0. The Morgan fingerprint density at radius 2 is 2.30 bits per heavy atom. The van der Waals surface area contributed by atoms with Gasteiger partial charge in [-0.3, -0.25) is 10.1 Å². The highest BCUT2D eigenvalue weighted by Gasteiger charge is 2.13. The van der Waals surface area contributed by atoms with Crippen LogP contribution in [0.5, 0.6) is 0 Å². The molecule has 0 unspecified atom stereocenters. The second-order valence-electron chi connectivity index (χ2n) is 4.84. The van der Waals surface area contributed by atoms with Crippen LogP contribution in [0.1, 0.15) is 29.3 Å². The summed E-state index contributed by atoms with van der Waals surface area (Å²) in [5.41, 5.74) is 5.79. The van der Waals surface area contributed by atoms with Crippen LogP contribution in [0.2, 0.25) is 0 Å². The second kappa shape index (κ2) is 6.58. The molecule has 0 atom stereocenters. The van der Waals surface area contributed by atoms with E-state index in [1.54, 1.807) is 17.1 Å². The molecule has 0 spiro atoms. The van der Waals surface area contributed by atoms with Crippen LogP contribution < -0.4 is 11.1 Å². The average Bonchev–Trinajstić information content (AvgIpc) is 2.99. The summed E-state index contributed by atoms with van der Waals surface area (Å²) in [7, 11) is 0. The minimum absolute atomic E-state index is 0.284. The lowest BCUT2D eigenvalue weighted by Crippen LogP contribution is -2.12. The highest BCUT2D eigenvalue weighted by atomic mass is 32.1. The summed E-state index contributed by atoms with van der Waals surface area (Å²) in [6.45, 7) is 5.37. The Hall–Kier alpha value is -1.80. The van der Waals surface area contributed by atoms with E-state index in [2.05, 4.69) is 34.3 Å². The van der Waals surface area contributed by atoms with Gasteiger partial charge in [-0.15, -0.1) is 10.2 Å². The summed E-state index contributed by atoms with van der Waals surface area (Å²) < 4.78 is 1.78. The molecule has 3 N–H and O–H groups in total. The molecule has 108 valence electrons. The molecular weight excluding hydrogens is 276 g/mol. The first-order valence-corrected chi connectivity index (χ1v) is 7.25. The van der Waals surface area contributed by atoms with Gasteiger partial charge in [0, 0.05) is 25.7 Å². The van der Waals surface area contributed by atoms with Gasteiger partial charge in [0.05, 0.1) is 6.33 Å². The van der Waals surface area contributed by atoms with Crippen molar-refractivity contribution in [2.45, 2.75) is 26.8 Å². The van der Waals surface area contributed by atoms with Crippen LogP contribution in [0.25, 0.3) is 0 Å². The summed E-state index contributed by atoms with van der Waals surface area (Å²) in [5, 5.41) is 12.1. The smallest absolute Gasteiger partial charge is 0.277 e. The molecule has 2 heterocycles. The van der Waals surface area contributed by atoms with Gasteiger partial charge in [-0.2, -0.15) is 0 Å². The Morgan fingerprint density at radius 3 is 3.00 bits per heavy atom. The van der Waals surface area contributed by atoms with Crippen LogP contribution in [0, 0.1) is 5.92 Å². The summed E-state index contributed by atoms with van der Waals surface area (Å²) in [6.07, 6.45) is 4.11. The number of imidazole rings is 1. The molecule has 7 nitrogen and oxygen atoms in total. The quantitative estimate of drug-likeness (QED) is 0.832. The average molecular weight is 294 g/mol. The number of rotatable bonds is 6. The normalized spacial score (nSPS) is 11.0. The van der Waals surface area contributed by atoms with Crippen LogP contribution in [-0.4, -0.2) is 32.2 Å².